The number of nitrogens with zero attached hydrogens (tertiary/aromatic N) is 7. The Morgan fingerprint density at radius 3 is 2.51 bits per heavy atom. The van der Waals surface area contributed by atoms with Crippen LogP contribution in [0.1, 0.15) is 30.5 Å². The first-order valence-electron chi connectivity index (χ1n) is 12.6. The van der Waals surface area contributed by atoms with E-state index in [1.165, 1.54) is 29.5 Å². The van der Waals surface area contributed by atoms with E-state index in [9.17, 15) is 12.8 Å². The van der Waals surface area contributed by atoms with Gasteiger partial charge < -0.3 is 0 Å². The van der Waals surface area contributed by atoms with Gasteiger partial charge in [0.25, 0.3) is 10.0 Å². The van der Waals surface area contributed by atoms with Crippen LogP contribution in [0.5, 0.6) is 0 Å². The quantitative estimate of drug-likeness (QED) is 0.385. The molecule has 37 heavy (non-hydrogen) atoms. The molecule has 0 radical (unpaired) electrons. The molecule has 2 aromatic carbocycles. The number of benzene rings is 2. The molecule has 0 bridgehead atoms. The van der Waals surface area contributed by atoms with Crippen molar-refractivity contribution in [3.63, 3.8) is 0 Å². The van der Waals surface area contributed by atoms with Gasteiger partial charge in [0.2, 0.25) is 5.03 Å². The van der Waals surface area contributed by atoms with Crippen LogP contribution in [-0.4, -0.2) is 68.6 Å². The SMILES string of the molecule is Cc1cc2c(cnn2-c2ccc(F)cc2)cc1C1CN(S(=O)(=O)c2cnn(C)n2)CCN1CC1CC1C. The zero-order valence-corrected chi connectivity index (χ0v) is 21.9. The summed E-state index contributed by atoms with van der Waals surface area (Å²) in [5.74, 6) is 1.07. The number of halogens is 1. The molecule has 1 aliphatic heterocycles. The minimum Gasteiger partial charge on any atom is -0.293 e. The Balaban J connectivity index is 1.37. The highest BCUT2D eigenvalue weighted by atomic mass is 32.2. The predicted octanol–water partition coefficient (Wildman–Crippen LogP) is 3.31. The highest BCUT2D eigenvalue weighted by molar-refractivity contribution is 7.89. The van der Waals surface area contributed by atoms with Crippen molar-refractivity contribution in [2.75, 3.05) is 26.2 Å². The number of hydrogen-bond donors (Lipinski definition) is 0. The summed E-state index contributed by atoms with van der Waals surface area (Å²) in [7, 11) is -2.14. The van der Waals surface area contributed by atoms with Gasteiger partial charge in [0.05, 0.1) is 23.6 Å². The molecule has 9 nitrogen and oxygen atoms in total. The molecule has 3 unspecified atom stereocenters. The molecular weight excluding hydrogens is 493 g/mol. The third-order valence-electron chi connectivity index (χ3n) is 7.77. The zero-order chi connectivity index (χ0) is 25.9. The first-order chi connectivity index (χ1) is 17.7. The van der Waals surface area contributed by atoms with Gasteiger partial charge >= 0.3 is 0 Å². The van der Waals surface area contributed by atoms with Gasteiger partial charge in [-0.15, -0.1) is 5.10 Å². The van der Waals surface area contributed by atoms with E-state index in [0.29, 0.717) is 31.5 Å². The third-order valence-corrected chi connectivity index (χ3v) is 9.50. The molecule has 0 N–H and O–H groups in total. The van der Waals surface area contributed by atoms with Crippen LogP contribution in [-0.2, 0) is 17.1 Å². The molecule has 2 aromatic heterocycles. The van der Waals surface area contributed by atoms with Crippen LogP contribution in [0.15, 0.2) is 53.8 Å². The first-order valence-corrected chi connectivity index (χ1v) is 14.0. The lowest BCUT2D eigenvalue weighted by molar-refractivity contribution is 0.111. The van der Waals surface area contributed by atoms with E-state index >= 15 is 0 Å². The fraction of sp³-hybridized carbons (Fsp3) is 0.423. The Kier molecular flexibility index (Phi) is 5.89. The van der Waals surface area contributed by atoms with E-state index in [1.54, 1.807) is 28.2 Å². The molecule has 194 valence electrons. The van der Waals surface area contributed by atoms with Crippen LogP contribution in [0.4, 0.5) is 4.39 Å². The molecule has 11 heteroatoms. The number of fused-ring (bicyclic) bond motifs is 1. The number of hydrogen-bond acceptors (Lipinski definition) is 6. The Hall–Kier alpha value is -3.15. The van der Waals surface area contributed by atoms with E-state index in [-0.39, 0.29) is 16.9 Å². The maximum Gasteiger partial charge on any atom is 0.264 e. The number of piperazine rings is 1. The predicted molar refractivity (Wildman–Crippen MR) is 137 cm³/mol. The lowest BCUT2D eigenvalue weighted by Crippen LogP contribution is -2.51. The number of aromatic nitrogens is 5. The summed E-state index contributed by atoms with van der Waals surface area (Å²) in [5.41, 5.74) is 3.87. The second-order valence-corrected chi connectivity index (χ2v) is 12.2. The average Bonchev–Trinajstić information content (AvgIpc) is 3.21. The van der Waals surface area contributed by atoms with Gasteiger partial charge in [-0.05, 0) is 72.7 Å². The molecule has 4 aromatic rings. The standard InChI is InChI=1S/C26H30FN7O2S/c1-17-10-20(17)15-32-8-9-33(37(35,36)26-14-28-31(3)30-26)16-25(32)23-12-19-13-29-34(24(19)11-18(23)2)22-6-4-21(27)5-7-22/h4-7,11-14,17,20,25H,8-10,15-16H2,1-3H3. The van der Waals surface area contributed by atoms with Crippen LogP contribution in [0.2, 0.25) is 0 Å². The number of rotatable bonds is 6. The van der Waals surface area contributed by atoms with Crippen molar-refractivity contribution in [3.8, 4) is 5.69 Å². The van der Waals surface area contributed by atoms with E-state index in [4.69, 9.17) is 0 Å². The van der Waals surface area contributed by atoms with E-state index < -0.39 is 10.0 Å². The summed E-state index contributed by atoms with van der Waals surface area (Å²) in [6.07, 6.45) is 4.34. The molecule has 6 rings (SSSR count). The minimum atomic E-state index is -3.75. The molecule has 2 aliphatic rings. The van der Waals surface area contributed by atoms with Crippen LogP contribution < -0.4 is 0 Å². The van der Waals surface area contributed by atoms with Crippen LogP contribution in [0.25, 0.3) is 16.6 Å². The summed E-state index contributed by atoms with van der Waals surface area (Å²) in [6, 6.07) is 10.4. The molecule has 3 heterocycles. The Morgan fingerprint density at radius 2 is 1.84 bits per heavy atom. The minimum absolute atomic E-state index is 0.0224. The third kappa shape index (κ3) is 4.45. The lowest BCUT2D eigenvalue weighted by atomic mass is 9.96. The van der Waals surface area contributed by atoms with Crippen molar-refractivity contribution in [1.82, 2.24) is 34.0 Å². The molecule has 1 aliphatic carbocycles. The fourth-order valence-corrected chi connectivity index (χ4v) is 6.73. The molecule has 0 amide bonds. The molecule has 1 saturated carbocycles. The van der Waals surface area contributed by atoms with Crippen molar-refractivity contribution in [2.45, 2.75) is 31.3 Å². The van der Waals surface area contributed by atoms with Crippen molar-refractivity contribution in [3.05, 3.63) is 65.7 Å². The Labute approximate surface area is 215 Å². The number of sulfonamides is 1. The van der Waals surface area contributed by atoms with Crippen molar-refractivity contribution >= 4 is 20.9 Å². The maximum absolute atomic E-state index is 13.5. The molecular formula is C26H30FN7O2S. The summed E-state index contributed by atoms with van der Waals surface area (Å²) in [6.45, 7) is 6.70. The number of aryl methyl sites for hydroxylation is 2. The normalized spacial score (nSPS) is 23.1. The van der Waals surface area contributed by atoms with Gasteiger partial charge in [-0.1, -0.05) is 6.92 Å². The molecule has 3 atom stereocenters. The first kappa shape index (κ1) is 24.2. The van der Waals surface area contributed by atoms with Gasteiger partial charge in [-0.25, -0.2) is 17.5 Å². The lowest BCUT2D eigenvalue weighted by Gasteiger charge is -2.41. The highest BCUT2D eigenvalue weighted by Crippen LogP contribution is 2.41. The summed E-state index contributed by atoms with van der Waals surface area (Å²) < 4.78 is 43.6. The van der Waals surface area contributed by atoms with E-state index in [1.807, 2.05) is 6.20 Å². The smallest absolute Gasteiger partial charge is 0.264 e. The summed E-state index contributed by atoms with van der Waals surface area (Å²) >= 11 is 0. The zero-order valence-electron chi connectivity index (χ0n) is 21.1. The summed E-state index contributed by atoms with van der Waals surface area (Å²) in [5, 5.41) is 13.5. The van der Waals surface area contributed by atoms with Crippen molar-refractivity contribution in [2.24, 2.45) is 18.9 Å². The molecule has 1 saturated heterocycles. The highest BCUT2D eigenvalue weighted by Gasteiger charge is 2.41. The molecule has 0 spiro atoms. The van der Waals surface area contributed by atoms with Crippen LogP contribution >= 0.6 is 0 Å². The van der Waals surface area contributed by atoms with Crippen molar-refractivity contribution < 1.29 is 12.8 Å². The van der Waals surface area contributed by atoms with Gasteiger partial charge in [-0.2, -0.15) is 19.3 Å². The Bertz CT molecular complexity index is 1560. The largest absolute Gasteiger partial charge is 0.293 e. The van der Waals surface area contributed by atoms with Crippen molar-refractivity contribution in [1.29, 1.82) is 0 Å². The maximum atomic E-state index is 13.5. The van der Waals surface area contributed by atoms with Crippen LogP contribution in [0.3, 0.4) is 0 Å². The topological polar surface area (TPSA) is 89.2 Å². The second kappa shape index (κ2) is 9.00. The fourth-order valence-electron chi connectivity index (χ4n) is 5.40. The van der Waals surface area contributed by atoms with Crippen LogP contribution in [0, 0.1) is 24.6 Å². The summed E-state index contributed by atoms with van der Waals surface area (Å²) in [4.78, 5) is 3.71. The second-order valence-electron chi connectivity index (χ2n) is 10.3. The monoisotopic (exact) mass is 523 g/mol. The van der Waals surface area contributed by atoms with Gasteiger partial charge in [0.15, 0.2) is 0 Å². The van der Waals surface area contributed by atoms with E-state index in [2.05, 4.69) is 46.2 Å². The molecule has 2 fully saturated rings. The van der Waals surface area contributed by atoms with Gasteiger partial charge in [0, 0.05) is 44.7 Å². The van der Waals surface area contributed by atoms with Gasteiger partial charge in [-0.3, -0.25) is 4.90 Å². The van der Waals surface area contributed by atoms with E-state index in [0.717, 1.165) is 34.3 Å². The van der Waals surface area contributed by atoms with Gasteiger partial charge in [0.1, 0.15) is 5.82 Å². The Morgan fingerprint density at radius 1 is 1.08 bits per heavy atom. The average molecular weight is 524 g/mol.